The largest absolute Gasteiger partial charge is 0.359 e. The number of aromatic amines is 1. The Kier molecular flexibility index (Phi) is 7.15. The second kappa shape index (κ2) is 10.3. The summed E-state index contributed by atoms with van der Waals surface area (Å²) in [6.45, 7) is 0.792. The predicted molar refractivity (Wildman–Crippen MR) is 145 cm³/mol. The summed E-state index contributed by atoms with van der Waals surface area (Å²) in [6, 6.07) is 7.76. The summed E-state index contributed by atoms with van der Waals surface area (Å²) in [6.07, 6.45) is 6.56. The molecular weight excluding hydrogens is 537 g/mol. The predicted octanol–water partition coefficient (Wildman–Crippen LogP) is 3.62. The second-order valence-corrected chi connectivity index (χ2v) is 11.4. The van der Waals surface area contributed by atoms with Crippen molar-refractivity contribution in [1.82, 2.24) is 30.0 Å². The maximum atomic E-state index is 12.9. The molecule has 192 valence electrons. The van der Waals surface area contributed by atoms with Crippen LogP contribution >= 0.6 is 23.2 Å². The van der Waals surface area contributed by atoms with E-state index in [-0.39, 0.29) is 17.4 Å². The minimum Gasteiger partial charge on any atom is -0.359 e. The number of sulfonamides is 1. The molecule has 0 spiro atoms. The van der Waals surface area contributed by atoms with Crippen LogP contribution in [0.15, 0.2) is 48.8 Å². The van der Waals surface area contributed by atoms with E-state index in [1.165, 1.54) is 6.33 Å². The highest BCUT2D eigenvalue weighted by Crippen LogP contribution is 2.31. The summed E-state index contributed by atoms with van der Waals surface area (Å²) in [7, 11) is -3.38. The number of ketones is 1. The third kappa shape index (κ3) is 5.76. The summed E-state index contributed by atoms with van der Waals surface area (Å²) in [5.74, 6) is 0.906. The molecule has 1 aliphatic heterocycles. The van der Waals surface area contributed by atoms with Gasteiger partial charge in [-0.15, -0.1) is 0 Å². The van der Waals surface area contributed by atoms with Crippen LogP contribution in [0.1, 0.15) is 28.6 Å². The van der Waals surface area contributed by atoms with Gasteiger partial charge in [-0.2, -0.15) is 0 Å². The normalized spacial score (nSPS) is 16.5. The van der Waals surface area contributed by atoms with Crippen molar-refractivity contribution in [2.24, 2.45) is 0 Å². The molecular formula is C24H23Cl2N7O3S. The van der Waals surface area contributed by atoms with Gasteiger partial charge in [-0.1, -0.05) is 35.4 Å². The number of nitrogens with one attached hydrogen (secondary N) is 4. The molecule has 10 nitrogen and oxygen atoms in total. The molecule has 0 saturated carbocycles. The average molecular weight is 560 g/mol. The number of rotatable bonds is 9. The van der Waals surface area contributed by atoms with Gasteiger partial charge in [0, 0.05) is 29.1 Å². The number of halogens is 2. The fourth-order valence-corrected chi connectivity index (χ4v) is 5.11. The summed E-state index contributed by atoms with van der Waals surface area (Å²) < 4.78 is 25.8. The van der Waals surface area contributed by atoms with Gasteiger partial charge < -0.3 is 15.6 Å². The summed E-state index contributed by atoms with van der Waals surface area (Å²) >= 11 is 12.7. The number of H-pyrrole nitrogens is 1. The van der Waals surface area contributed by atoms with E-state index >= 15 is 0 Å². The third-order valence-electron chi connectivity index (χ3n) is 5.96. The van der Waals surface area contributed by atoms with Crippen LogP contribution in [-0.4, -0.2) is 59.5 Å². The van der Waals surface area contributed by atoms with E-state index < -0.39 is 22.1 Å². The van der Waals surface area contributed by atoms with E-state index in [0.29, 0.717) is 46.1 Å². The molecule has 4 aromatic rings. The zero-order valence-electron chi connectivity index (χ0n) is 19.6. The molecule has 5 rings (SSSR count). The smallest absolute Gasteiger partial charge is 0.208 e. The molecule has 3 heterocycles. The van der Waals surface area contributed by atoms with Gasteiger partial charge in [-0.05, 0) is 36.8 Å². The Labute approximate surface area is 222 Å². The first kappa shape index (κ1) is 25.6. The van der Waals surface area contributed by atoms with E-state index in [4.69, 9.17) is 23.2 Å². The Morgan fingerprint density at radius 2 is 2.03 bits per heavy atom. The molecule has 2 atom stereocenters. The first-order valence-corrected chi connectivity index (χ1v) is 14.1. The van der Waals surface area contributed by atoms with Crippen molar-refractivity contribution in [1.29, 1.82) is 0 Å². The molecule has 4 N–H and O–H groups in total. The number of fused-ring (bicyclic) bond motifs is 2. The Morgan fingerprint density at radius 1 is 1.19 bits per heavy atom. The Bertz CT molecular complexity index is 1640. The van der Waals surface area contributed by atoms with Gasteiger partial charge in [0.15, 0.2) is 5.78 Å². The number of Topliss-reactive ketones (excluding diaryl/α,β-unsaturated/α-hetero) is 1. The zero-order valence-corrected chi connectivity index (χ0v) is 22.0. The quantitative estimate of drug-likeness (QED) is 0.180. The van der Waals surface area contributed by atoms with E-state index in [2.05, 4.69) is 35.3 Å². The topological polar surface area (TPSA) is 142 Å². The van der Waals surface area contributed by atoms with Gasteiger partial charge in [0.1, 0.15) is 18.0 Å². The Hall–Kier alpha value is -3.09. The standard InChI is InChI=1S/C24H23Cl2N7O3S/c1-37(35,36)30-8-6-19(24-31-17-5-4-13(25)9-21(17)33-24)32-23-15-10-16(26)14(11-20(15)28-12-29-23)22(34)18-3-2-7-27-18/h2-5,9-12,18-19,27,30H,6-8H2,1H3,(H,31,33)(H,28,29,32). The Balaban J connectivity index is 1.49. The fourth-order valence-electron chi connectivity index (χ4n) is 4.19. The zero-order chi connectivity index (χ0) is 26.2. The Morgan fingerprint density at radius 3 is 2.78 bits per heavy atom. The first-order valence-electron chi connectivity index (χ1n) is 11.4. The molecule has 1 aliphatic rings. The van der Waals surface area contributed by atoms with E-state index in [0.717, 1.165) is 17.3 Å². The first-order chi connectivity index (χ1) is 17.7. The highest BCUT2D eigenvalue weighted by Gasteiger charge is 2.24. The molecule has 0 radical (unpaired) electrons. The van der Waals surface area contributed by atoms with Crippen LogP contribution in [0.2, 0.25) is 10.0 Å². The van der Waals surface area contributed by atoms with Crippen LogP contribution in [-0.2, 0) is 10.0 Å². The lowest BCUT2D eigenvalue weighted by Crippen LogP contribution is -2.31. The molecule has 13 heteroatoms. The van der Waals surface area contributed by atoms with Crippen molar-refractivity contribution in [2.45, 2.75) is 18.5 Å². The number of nitrogens with zero attached hydrogens (tertiary/aromatic N) is 3. The van der Waals surface area contributed by atoms with E-state index in [1.807, 2.05) is 12.2 Å². The molecule has 0 amide bonds. The van der Waals surface area contributed by atoms with Gasteiger partial charge in [-0.3, -0.25) is 4.79 Å². The van der Waals surface area contributed by atoms with Crippen molar-refractivity contribution in [2.75, 3.05) is 24.7 Å². The maximum Gasteiger partial charge on any atom is 0.208 e. The van der Waals surface area contributed by atoms with Crippen LogP contribution in [0.3, 0.4) is 0 Å². The molecule has 0 saturated heterocycles. The number of carbonyl (C=O) groups is 1. The van der Waals surface area contributed by atoms with Gasteiger partial charge in [0.25, 0.3) is 0 Å². The number of benzene rings is 2. The number of anilines is 1. The van der Waals surface area contributed by atoms with Crippen molar-refractivity contribution < 1.29 is 13.2 Å². The maximum absolute atomic E-state index is 12.9. The van der Waals surface area contributed by atoms with Crippen molar-refractivity contribution in [3.8, 4) is 0 Å². The molecule has 0 bridgehead atoms. The number of carbonyl (C=O) groups excluding carboxylic acids is 1. The number of hydrogen-bond acceptors (Lipinski definition) is 8. The highest BCUT2D eigenvalue weighted by atomic mass is 35.5. The number of imidazole rings is 1. The monoisotopic (exact) mass is 559 g/mol. The molecule has 0 aliphatic carbocycles. The summed E-state index contributed by atoms with van der Waals surface area (Å²) in [5.41, 5.74) is 2.37. The lowest BCUT2D eigenvalue weighted by Gasteiger charge is -2.19. The molecule has 37 heavy (non-hydrogen) atoms. The lowest BCUT2D eigenvalue weighted by atomic mass is 10.0. The van der Waals surface area contributed by atoms with Gasteiger partial charge in [0.2, 0.25) is 10.0 Å². The summed E-state index contributed by atoms with van der Waals surface area (Å²) in [5, 5.41) is 7.91. The van der Waals surface area contributed by atoms with E-state index in [1.54, 1.807) is 30.3 Å². The van der Waals surface area contributed by atoms with Gasteiger partial charge in [-0.25, -0.2) is 28.1 Å². The van der Waals surface area contributed by atoms with E-state index in [9.17, 15) is 13.2 Å². The molecule has 0 fully saturated rings. The van der Waals surface area contributed by atoms with Gasteiger partial charge in [0.05, 0.1) is 39.9 Å². The average Bonchev–Trinajstić information content (AvgIpc) is 3.52. The van der Waals surface area contributed by atoms with Gasteiger partial charge >= 0.3 is 0 Å². The highest BCUT2D eigenvalue weighted by molar-refractivity contribution is 7.88. The molecule has 2 aromatic carbocycles. The van der Waals surface area contributed by atoms with Crippen molar-refractivity contribution >= 4 is 66.8 Å². The SMILES string of the molecule is CS(=O)(=O)NCCC(Nc1ncnc2cc(C(=O)C3C=CCN3)c(Cl)cc12)c1nc2ccc(Cl)cc2[nH]1. The minimum atomic E-state index is -3.38. The fraction of sp³-hybridized carbons (Fsp3) is 0.250. The third-order valence-corrected chi connectivity index (χ3v) is 7.23. The second-order valence-electron chi connectivity index (χ2n) is 8.69. The summed E-state index contributed by atoms with van der Waals surface area (Å²) in [4.78, 5) is 29.6. The molecule has 2 unspecified atom stereocenters. The van der Waals surface area contributed by atoms with Crippen LogP contribution in [0, 0.1) is 0 Å². The number of aromatic nitrogens is 4. The van der Waals surface area contributed by atoms with Crippen molar-refractivity contribution in [3.63, 3.8) is 0 Å². The minimum absolute atomic E-state index is 0.139. The van der Waals surface area contributed by atoms with Crippen LogP contribution in [0.5, 0.6) is 0 Å². The van der Waals surface area contributed by atoms with Crippen LogP contribution in [0.4, 0.5) is 5.82 Å². The lowest BCUT2D eigenvalue weighted by molar-refractivity contribution is 0.0968. The van der Waals surface area contributed by atoms with Crippen molar-refractivity contribution in [3.05, 3.63) is 70.2 Å². The number of hydrogen-bond donors (Lipinski definition) is 4. The van der Waals surface area contributed by atoms with Crippen LogP contribution in [0.25, 0.3) is 21.9 Å². The molecule has 2 aromatic heterocycles. The van der Waals surface area contributed by atoms with Crippen LogP contribution < -0.4 is 15.4 Å².